The van der Waals surface area contributed by atoms with Gasteiger partial charge in [0.1, 0.15) is 11.5 Å². The smallest absolute Gasteiger partial charge is 0.184 e. The molecular formula is C15H19FN2O2. The van der Waals surface area contributed by atoms with Gasteiger partial charge in [-0.2, -0.15) is 0 Å². The number of hydrogen-bond acceptors (Lipinski definition) is 4. The maximum absolute atomic E-state index is 13.2. The van der Waals surface area contributed by atoms with E-state index in [-0.39, 0.29) is 23.2 Å². The van der Waals surface area contributed by atoms with Crippen LogP contribution in [0.1, 0.15) is 29.0 Å². The van der Waals surface area contributed by atoms with Gasteiger partial charge >= 0.3 is 0 Å². The van der Waals surface area contributed by atoms with Crippen molar-refractivity contribution in [1.29, 1.82) is 0 Å². The Hall–Kier alpha value is -1.33. The van der Waals surface area contributed by atoms with Crippen LogP contribution in [0.2, 0.25) is 0 Å². The first-order valence-electron chi connectivity index (χ1n) is 7.03. The van der Waals surface area contributed by atoms with E-state index in [9.17, 15) is 9.18 Å². The maximum atomic E-state index is 13.2. The van der Waals surface area contributed by atoms with Gasteiger partial charge in [0.2, 0.25) is 0 Å². The molecule has 2 aliphatic rings. The summed E-state index contributed by atoms with van der Waals surface area (Å²) in [5.41, 5.74) is 0.671. The van der Waals surface area contributed by atoms with Gasteiger partial charge in [-0.1, -0.05) is 0 Å². The Labute approximate surface area is 117 Å². The molecule has 1 aromatic rings. The molecule has 3 heterocycles. The van der Waals surface area contributed by atoms with E-state index in [4.69, 9.17) is 4.74 Å². The Balaban J connectivity index is 1.79. The molecule has 0 spiro atoms. The molecule has 0 radical (unpaired) electrons. The minimum atomic E-state index is -0.366. The zero-order chi connectivity index (χ0) is 14.3. The molecule has 2 fully saturated rings. The fraction of sp³-hybridized carbons (Fsp3) is 0.600. The predicted octanol–water partition coefficient (Wildman–Crippen LogP) is 1.82. The summed E-state index contributed by atoms with van der Waals surface area (Å²) in [6, 6.07) is 3.43. The highest BCUT2D eigenvalue weighted by atomic mass is 19.1. The fourth-order valence-electron chi connectivity index (χ4n) is 3.20. The predicted molar refractivity (Wildman–Crippen MR) is 72.1 cm³/mol. The van der Waals surface area contributed by atoms with Gasteiger partial charge in [-0.3, -0.25) is 9.69 Å². The van der Waals surface area contributed by atoms with Gasteiger partial charge in [-0.15, -0.1) is 0 Å². The lowest BCUT2D eigenvalue weighted by Crippen LogP contribution is -2.55. The second-order valence-corrected chi connectivity index (χ2v) is 5.81. The number of aromatic nitrogens is 1. The first-order chi connectivity index (χ1) is 9.56. The zero-order valence-electron chi connectivity index (χ0n) is 11.8. The number of carbonyl (C=O) groups is 1. The molecule has 0 amide bonds. The molecule has 0 aromatic carbocycles. The van der Waals surface area contributed by atoms with E-state index in [1.807, 2.05) is 0 Å². The van der Waals surface area contributed by atoms with Crippen LogP contribution in [0.4, 0.5) is 4.39 Å². The van der Waals surface area contributed by atoms with Crippen LogP contribution in [0.3, 0.4) is 0 Å². The van der Waals surface area contributed by atoms with Crippen molar-refractivity contribution in [3.05, 3.63) is 29.3 Å². The molecule has 0 aliphatic carbocycles. The number of halogens is 1. The molecular weight excluding hydrogens is 259 g/mol. The van der Waals surface area contributed by atoms with E-state index < -0.39 is 0 Å². The molecule has 2 bridgehead atoms. The highest BCUT2D eigenvalue weighted by Gasteiger charge is 2.39. The molecule has 2 aliphatic heterocycles. The topological polar surface area (TPSA) is 42.4 Å². The quantitative estimate of drug-likeness (QED) is 0.774. The average molecular weight is 278 g/mol. The Morgan fingerprint density at radius 1 is 1.35 bits per heavy atom. The number of pyridine rings is 1. The second kappa shape index (κ2) is 5.22. The minimum Gasteiger partial charge on any atom is -0.378 e. The Morgan fingerprint density at radius 3 is 2.60 bits per heavy atom. The van der Waals surface area contributed by atoms with Crippen molar-refractivity contribution in [2.24, 2.45) is 5.92 Å². The monoisotopic (exact) mass is 278 g/mol. The lowest BCUT2D eigenvalue weighted by Gasteiger charge is -2.46. The van der Waals surface area contributed by atoms with Crippen molar-refractivity contribution in [3.63, 3.8) is 0 Å². The number of Topliss-reactive ketones (excluding diaryl/α,β-unsaturated/α-hetero) is 1. The van der Waals surface area contributed by atoms with Crippen LogP contribution in [0.25, 0.3) is 0 Å². The minimum absolute atomic E-state index is 0.0255. The van der Waals surface area contributed by atoms with E-state index in [1.165, 1.54) is 12.1 Å². The van der Waals surface area contributed by atoms with Gasteiger partial charge in [0.05, 0.1) is 18.9 Å². The average Bonchev–Trinajstić information content (AvgIpc) is 2.41. The number of morpholine rings is 1. The summed E-state index contributed by atoms with van der Waals surface area (Å²) in [5, 5.41) is 0. The van der Waals surface area contributed by atoms with Gasteiger partial charge in [0.15, 0.2) is 5.78 Å². The van der Waals surface area contributed by atoms with Crippen LogP contribution in [-0.4, -0.2) is 48.0 Å². The van der Waals surface area contributed by atoms with Crippen molar-refractivity contribution >= 4 is 5.78 Å². The molecule has 1 aromatic heterocycles. The number of carbonyl (C=O) groups excluding carboxylic acids is 1. The van der Waals surface area contributed by atoms with Crippen LogP contribution in [0.15, 0.2) is 12.1 Å². The number of fused-ring (bicyclic) bond motifs is 2. The number of hydrogen-bond donors (Lipinski definition) is 0. The van der Waals surface area contributed by atoms with Gasteiger partial charge < -0.3 is 4.74 Å². The molecule has 0 N–H and O–H groups in total. The lowest BCUT2D eigenvalue weighted by molar-refractivity contribution is -0.0703. The van der Waals surface area contributed by atoms with E-state index in [2.05, 4.69) is 16.9 Å². The highest BCUT2D eigenvalue weighted by Crippen LogP contribution is 2.32. The summed E-state index contributed by atoms with van der Waals surface area (Å²) in [4.78, 5) is 19.0. The SMILES string of the molecule is Cc1nc(C(=O)C2CC3COCC(C2)N3C)ccc1F. The number of nitrogens with zero attached hydrogens (tertiary/aromatic N) is 2. The number of piperidine rings is 1. The summed E-state index contributed by atoms with van der Waals surface area (Å²) < 4.78 is 18.8. The van der Waals surface area contributed by atoms with Crippen LogP contribution in [0.5, 0.6) is 0 Å². The molecule has 4 nitrogen and oxygen atoms in total. The summed E-state index contributed by atoms with van der Waals surface area (Å²) in [6.45, 7) is 2.96. The van der Waals surface area contributed by atoms with Crippen molar-refractivity contribution in [1.82, 2.24) is 9.88 Å². The number of ether oxygens (including phenoxy) is 1. The van der Waals surface area contributed by atoms with Gasteiger partial charge in [-0.05, 0) is 38.9 Å². The summed E-state index contributed by atoms with van der Waals surface area (Å²) >= 11 is 0. The third-order valence-electron chi connectivity index (χ3n) is 4.53. The van der Waals surface area contributed by atoms with Crippen molar-refractivity contribution in [3.8, 4) is 0 Å². The molecule has 3 rings (SSSR count). The maximum Gasteiger partial charge on any atom is 0.184 e. The molecule has 108 valence electrons. The van der Waals surface area contributed by atoms with Crippen LogP contribution >= 0.6 is 0 Å². The van der Waals surface area contributed by atoms with E-state index in [1.54, 1.807) is 6.92 Å². The second-order valence-electron chi connectivity index (χ2n) is 5.81. The fourth-order valence-corrected chi connectivity index (χ4v) is 3.20. The first kappa shape index (κ1) is 13.6. The van der Waals surface area contributed by atoms with E-state index >= 15 is 0 Å². The Bertz CT molecular complexity index is 521. The van der Waals surface area contributed by atoms with Crippen LogP contribution in [-0.2, 0) is 4.74 Å². The molecule has 20 heavy (non-hydrogen) atoms. The number of rotatable bonds is 2. The molecule has 2 atom stereocenters. The van der Waals surface area contributed by atoms with E-state index in [0.29, 0.717) is 31.0 Å². The van der Waals surface area contributed by atoms with Crippen molar-refractivity contribution in [2.75, 3.05) is 20.3 Å². The van der Waals surface area contributed by atoms with Crippen molar-refractivity contribution in [2.45, 2.75) is 31.8 Å². The third-order valence-corrected chi connectivity index (χ3v) is 4.53. The van der Waals surface area contributed by atoms with Gasteiger partial charge in [0.25, 0.3) is 0 Å². The third kappa shape index (κ3) is 2.36. The highest BCUT2D eigenvalue weighted by molar-refractivity contribution is 5.96. The molecule has 5 heteroatoms. The number of aryl methyl sites for hydroxylation is 1. The summed E-state index contributed by atoms with van der Waals surface area (Å²) in [6.07, 6.45) is 1.59. The number of likely N-dealkylation sites (N-methyl/N-ethyl adjacent to an activating group) is 1. The van der Waals surface area contributed by atoms with E-state index in [0.717, 1.165) is 12.8 Å². The Morgan fingerprint density at radius 2 is 2.00 bits per heavy atom. The van der Waals surface area contributed by atoms with Gasteiger partial charge in [-0.25, -0.2) is 9.37 Å². The van der Waals surface area contributed by atoms with Crippen LogP contribution in [0, 0.1) is 18.7 Å². The lowest BCUT2D eigenvalue weighted by atomic mass is 9.82. The standard InChI is InChI=1S/C15H19FN2O2/c1-9-13(16)3-4-14(17-9)15(19)10-5-11-7-20-8-12(6-10)18(11)2/h3-4,10-12H,5-8H2,1-2H3. The molecule has 2 saturated heterocycles. The number of ketones is 1. The summed E-state index contributed by atoms with van der Waals surface area (Å²) in [5.74, 6) is -0.351. The Kier molecular flexibility index (Phi) is 3.56. The zero-order valence-corrected chi connectivity index (χ0v) is 11.8. The van der Waals surface area contributed by atoms with Gasteiger partial charge in [0, 0.05) is 18.0 Å². The molecule has 2 unspecified atom stereocenters. The normalized spacial score (nSPS) is 30.2. The van der Waals surface area contributed by atoms with Crippen LogP contribution < -0.4 is 0 Å². The molecule has 0 saturated carbocycles. The largest absolute Gasteiger partial charge is 0.378 e. The first-order valence-corrected chi connectivity index (χ1v) is 7.03. The summed E-state index contributed by atoms with van der Waals surface area (Å²) in [7, 11) is 2.10. The van der Waals surface area contributed by atoms with Crippen molar-refractivity contribution < 1.29 is 13.9 Å².